The zero-order valence-electron chi connectivity index (χ0n) is 4.95. The summed E-state index contributed by atoms with van der Waals surface area (Å²) in [6.07, 6.45) is 6.29. The van der Waals surface area contributed by atoms with Crippen LogP contribution in [0.15, 0.2) is 0 Å². The summed E-state index contributed by atoms with van der Waals surface area (Å²) in [5, 5.41) is 0. The molecule has 0 bridgehead atoms. The molecule has 7 heavy (non-hydrogen) atoms. The Labute approximate surface area is 55.9 Å². The van der Waals surface area contributed by atoms with Crippen LogP contribution in [0.3, 0.4) is 0 Å². The molecular weight excluding hydrogens is 191 g/mol. The molecule has 1 saturated heterocycles. The average Bonchev–Trinajstić information content (AvgIpc) is 1.90. The van der Waals surface area contributed by atoms with E-state index in [4.69, 9.17) is 0 Å². The minimum atomic E-state index is -0.0517. The Morgan fingerprint density at radius 3 is 1.86 bits per heavy atom. The van der Waals surface area contributed by atoms with Gasteiger partial charge in [0.15, 0.2) is 0 Å². The van der Waals surface area contributed by atoms with Crippen LogP contribution in [0.5, 0.6) is 0 Å². The van der Waals surface area contributed by atoms with Crippen LogP contribution in [-0.4, -0.2) is 21.1 Å². The summed E-state index contributed by atoms with van der Waals surface area (Å²) in [5.41, 5.74) is 0. The van der Waals surface area contributed by atoms with Gasteiger partial charge in [0.1, 0.15) is 0 Å². The molecule has 0 amide bonds. The van der Waals surface area contributed by atoms with Gasteiger partial charge >= 0.3 is 55.7 Å². The predicted octanol–water partition coefficient (Wildman–Crippen LogP) is 1.57. The molecule has 0 aliphatic carbocycles. The fourth-order valence-corrected chi connectivity index (χ4v) is 6.28. The fraction of sp³-hybridized carbons (Fsp3) is 1.00. The van der Waals surface area contributed by atoms with Crippen molar-refractivity contribution < 1.29 is 0 Å². The summed E-state index contributed by atoms with van der Waals surface area (Å²) in [6, 6.07) is 0. The quantitative estimate of drug-likeness (QED) is 0.526. The van der Waals surface area contributed by atoms with Crippen LogP contribution >= 0.6 is 0 Å². The Kier molecular flexibility index (Phi) is 3.18. The fourth-order valence-electron chi connectivity index (χ4n) is 1.24. The maximum atomic E-state index is 1.71. The van der Waals surface area contributed by atoms with Crippen LogP contribution in [0.4, 0.5) is 0 Å². The zero-order chi connectivity index (χ0) is 4.95. The van der Waals surface area contributed by atoms with Gasteiger partial charge in [0.2, 0.25) is 0 Å². The van der Waals surface area contributed by atoms with Gasteiger partial charge in [-0.25, -0.2) is 0 Å². The number of rotatable bonds is 0. The topological polar surface area (TPSA) is 0 Å². The van der Waals surface area contributed by atoms with E-state index in [9.17, 15) is 0 Å². The van der Waals surface area contributed by atoms with E-state index in [0.29, 0.717) is 0 Å². The normalized spacial score (nSPS) is 24.0. The molecular formula is C6H14Sn. The maximum absolute atomic E-state index is 1.71. The number of hydrogen-bond acceptors (Lipinski definition) is 0. The second-order valence-corrected chi connectivity index (χ2v) is 8.53. The third-order valence-electron chi connectivity index (χ3n) is 1.75. The van der Waals surface area contributed by atoms with E-state index in [1.807, 2.05) is 0 Å². The Balaban J connectivity index is 2.04. The molecule has 1 aliphatic heterocycles. The van der Waals surface area contributed by atoms with Crippen LogP contribution < -0.4 is 0 Å². The van der Waals surface area contributed by atoms with Crippen molar-refractivity contribution in [3.63, 3.8) is 0 Å². The van der Waals surface area contributed by atoms with Gasteiger partial charge in [-0.15, -0.1) is 0 Å². The van der Waals surface area contributed by atoms with Gasteiger partial charge in [0.25, 0.3) is 0 Å². The van der Waals surface area contributed by atoms with E-state index in [1.54, 1.807) is 34.6 Å². The second kappa shape index (κ2) is 3.76. The standard InChI is InChI=1S/C6H12.Sn.2H/c1-3-5-6-4-2;;;/h1-6H2;;;. The van der Waals surface area contributed by atoms with E-state index < -0.39 is 0 Å². The summed E-state index contributed by atoms with van der Waals surface area (Å²) < 4.78 is 3.42. The summed E-state index contributed by atoms with van der Waals surface area (Å²) in [6.45, 7) is 0. The van der Waals surface area contributed by atoms with Gasteiger partial charge in [-0.05, 0) is 0 Å². The summed E-state index contributed by atoms with van der Waals surface area (Å²) in [7, 11) is 0. The first kappa shape index (κ1) is 5.93. The van der Waals surface area contributed by atoms with Crippen molar-refractivity contribution in [3.8, 4) is 0 Å². The van der Waals surface area contributed by atoms with E-state index >= 15 is 0 Å². The molecule has 42 valence electrons. The molecule has 0 N–H and O–H groups in total. The molecule has 0 aromatic carbocycles. The molecule has 0 aromatic heterocycles. The third-order valence-corrected chi connectivity index (χ3v) is 7.46. The van der Waals surface area contributed by atoms with Gasteiger partial charge in [-0.2, -0.15) is 0 Å². The van der Waals surface area contributed by atoms with E-state index in [1.165, 1.54) is 0 Å². The zero-order valence-corrected chi connectivity index (χ0v) is 8.99. The second-order valence-electron chi connectivity index (χ2n) is 2.47. The third kappa shape index (κ3) is 2.57. The Morgan fingerprint density at radius 2 is 1.29 bits per heavy atom. The van der Waals surface area contributed by atoms with Crippen LogP contribution in [0, 0.1) is 0 Å². The predicted molar refractivity (Wildman–Crippen MR) is 36.6 cm³/mol. The first-order valence-electron chi connectivity index (χ1n) is 3.50. The van der Waals surface area contributed by atoms with E-state index in [0.717, 1.165) is 0 Å². The SMILES string of the molecule is C1CC[CH2][SnH2][CH2]C1. The molecule has 0 unspecified atom stereocenters. The molecule has 1 aliphatic rings. The van der Waals surface area contributed by atoms with Crippen molar-refractivity contribution in [2.45, 2.75) is 34.6 Å². The molecule has 0 nitrogen and oxygen atoms in total. The number of hydrogen-bond donors (Lipinski definition) is 0. The van der Waals surface area contributed by atoms with Crippen molar-refractivity contribution in [2.75, 3.05) is 0 Å². The molecule has 0 spiro atoms. The monoisotopic (exact) mass is 206 g/mol. The van der Waals surface area contributed by atoms with Crippen molar-refractivity contribution >= 4 is 21.1 Å². The molecule has 0 aromatic rings. The Hall–Kier alpha value is 0.799. The van der Waals surface area contributed by atoms with Gasteiger partial charge in [0.05, 0.1) is 0 Å². The van der Waals surface area contributed by atoms with Crippen molar-refractivity contribution in [3.05, 3.63) is 0 Å². The molecule has 1 fully saturated rings. The van der Waals surface area contributed by atoms with Gasteiger partial charge in [-0.1, -0.05) is 0 Å². The van der Waals surface area contributed by atoms with Gasteiger partial charge < -0.3 is 0 Å². The van der Waals surface area contributed by atoms with Crippen LogP contribution in [0.1, 0.15) is 25.7 Å². The first-order valence-corrected chi connectivity index (χ1v) is 9.21. The van der Waals surface area contributed by atoms with Crippen molar-refractivity contribution in [1.29, 1.82) is 0 Å². The first-order chi connectivity index (χ1) is 3.50. The van der Waals surface area contributed by atoms with Gasteiger partial charge in [-0.3, -0.25) is 0 Å². The van der Waals surface area contributed by atoms with Crippen molar-refractivity contribution in [1.82, 2.24) is 0 Å². The van der Waals surface area contributed by atoms with E-state index in [2.05, 4.69) is 0 Å². The average molecular weight is 205 g/mol. The van der Waals surface area contributed by atoms with Crippen LogP contribution in [0.2, 0.25) is 8.87 Å². The Bertz CT molecular complexity index is 23.8. The van der Waals surface area contributed by atoms with Crippen molar-refractivity contribution in [2.24, 2.45) is 0 Å². The molecule has 0 saturated carbocycles. The molecule has 1 heterocycles. The van der Waals surface area contributed by atoms with Gasteiger partial charge in [0, 0.05) is 0 Å². The van der Waals surface area contributed by atoms with Crippen LogP contribution in [-0.2, 0) is 0 Å². The summed E-state index contributed by atoms with van der Waals surface area (Å²) in [4.78, 5) is 0. The molecule has 0 radical (unpaired) electrons. The molecule has 1 rings (SSSR count). The Morgan fingerprint density at radius 1 is 0.714 bits per heavy atom. The molecule has 1 heteroatoms. The van der Waals surface area contributed by atoms with E-state index in [-0.39, 0.29) is 21.1 Å². The summed E-state index contributed by atoms with van der Waals surface area (Å²) in [5.74, 6) is 0. The minimum absolute atomic E-state index is 0.0517. The molecule has 0 atom stereocenters. The summed E-state index contributed by atoms with van der Waals surface area (Å²) >= 11 is -0.0517. The van der Waals surface area contributed by atoms with Crippen LogP contribution in [0.25, 0.3) is 0 Å².